The lowest BCUT2D eigenvalue weighted by Crippen LogP contribution is -2.48. The molecule has 2 unspecified atom stereocenters. The number of amides is 3. The molecule has 1 aliphatic rings. The van der Waals surface area contributed by atoms with Gasteiger partial charge in [0, 0.05) is 13.1 Å². The number of nitrogens with zero attached hydrogens (tertiary/aromatic N) is 1. The monoisotopic (exact) mass is 379 g/mol. The SMILES string of the molecule is CCCCNC(=O)C(CCc1ccccc1)N1CC(c2ccccc2)NC1=O. The molecular formula is C23H29N3O2. The molecule has 28 heavy (non-hydrogen) atoms. The van der Waals surface area contributed by atoms with Crippen LogP contribution in [0.25, 0.3) is 0 Å². The molecule has 1 saturated heterocycles. The molecule has 2 N–H and O–H groups in total. The summed E-state index contributed by atoms with van der Waals surface area (Å²) in [6.45, 7) is 3.25. The Morgan fingerprint density at radius 3 is 2.50 bits per heavy atom. The lowest BCUT2D eigenvalue weighted by Gasteiger charge is -2.26. The van der Waals surface area contributed by atoms with Gasteiger partial charge < -0.3 is 15.5 Å². The van der Waals surface area contributed by atoms with Gasteiger partial charge in [-0.15, -0.1) is 0 Å². The van der Waals surface area contributed by atoms with Gasteiger partial charge in [0.05, 0.1) is 6.04 Å². The first kappa shape index (κ1) is 19.9. The molecule has 2 atom stereocenters. The van der Waals surface area contributed by atoms with Gasteiger partial charge in [0.2, 0.25) is 5.91 Å². The Labute approximate surface area is 167 Å². The van der Waals surface area contributed by atoms with E-state index in [-0.39, 0.29) is 18.0 Å². The van der Waals surface area contributed by atoms with Gasteiger partial charge in [-0.3, -0.25) is 4.79 Å². The van der Waals surface area contributed by atoms with E-state index in [9.17, 15) is 9.59 Å². The molecule has 0 aromatic heterocycles. The highest BCUT2D eigenvalue weighted by Crippen LogP contribution is 2.23. The van der Waals surface area contributed by atoms with Crippen LogP contribution in [-0.4, -0.2) is 36.0 Å². The van der Waals surface area contributed by atoms with Crippen molar-refractivity contribution in [3.05, 3.63) is 71.8 Å². The minimum Gasteiger partial charge on any atom is -0.354 e. The van der Waals surface area contributed by atoms with Gasteiger partial charge >= 0.3 is 6.03 Å². The highest BCUT2D eigenvalue weighted by Gasteiger charge is 2.37. The summed E-state index contributed by atoms with van der Waals surface area (Å²) in [7, 11) is 0. The highest BCUT2D eigenvalue weighted by molar-refractivity contribution is 5.88. The maximum Gasteiger partial charge on any atom is 0.318 e. The molecule has 1 aliphatic heterocycles. The minimum absolute atomic E-state index is 0.0618. The van der Waals surface area contributed by atoms with Crippen LogP contribution in [0.4, 0.5) is 4.79 Å². The summed E-state index contributed by atoms with van der Waals surface area (Å²) < 4.78 is 0. The topological polar surface area (TPSA) is 61.4 Å². The molecule has 3 rings (SSSR count). The van der Waals surface area contributed by atoms with Crippen LogP contribution in [0, 0.1) is 0 Å². The molecule has 2 aromatic rings. The molecule has 0 bridgehead atoms. The second-order valence-electron chi connectivity index (χ2n) is 7.25. The zero-order valence-electron chi connectivity index (χ0n) is 16.4. The van der Waals surface area contributed by atoms with E-state index in [0.717, 1.165) is 24.8 Å². The van der Waals surface area contributed by atoms with E-state index < -0.39 is 6.04 Å². The Balaban J connectivity index is 1.71. The summed E-state index contributed by atoms with van der Waals surface area (Å²) in [5.41, 5.74) is 2.24. The molecule has 0 radical (unpaired) electrons. The van der Waals surface area contributed by atoms with E-state index in [2.05, 4.69) is 29.7 Å². The number of rotatable bonds is 9. The summed E-state index contributed by atoms with van der Waals surface area (Å²) in [5.74, 6) is -0.0618. The van der Waals surface area contributed by atoms with Gasteiger partial charge in [0.25, 0.3) is 0 Å². The van der Waals surface area contributed by atoms with E-state index in [1.807, 2.05) is 48.5 Å². The van der Waals surface area contributed by atoms with Gasteiger partial charge in [-0.2, -0.15) is 0 Å². The fraction of sp³-hybridized carbons (Fsp3) is 0.391. The van der Waals surface area contributed by atoms with Crippen molar-refractivity contribution in [2.24, 2.45) is 0 Å². The number of carbonyl (C=O) groups excluding carboxylic acids is 2. The minimum atomic E-state index is -0.467. The van der Waals surface area contributed by atoms with Gasteiger partial charge in [0.15, 0.2) is 0 Å². The number of hydrogen-bond acceptors (Lipinski definition) is 2. The van der Waals surface area contributed by atoms with Crippen molar-refractivity contribution in [1.82, 2.24) is 15.5 Å². The Kier molecular flexibility index (Phi) is 7.06. The zero-order chi connectivity index (χ0) is 19.8. The van der Waals surface area contributed by atoms with Crippen LogP contribution in [0.5, 0.6) is 0 Å². The molecule has 5 heteroatoms. The lowest BCUT2D eigenvalue weighted by molar-refractivity contribution is -0.125. The highest BCUT2D eigenvalue weighted by atomic mass is 16.2. The Hall–Kier alpha value is -2.82. The number of unbranched alkanes of at least 4 members (excludes halogenated alkanes) is 1. The third-order valence-corrected chi connectivity index (χ3v) is 5.20. The number of urea groups is 1. The quantitative estimate of drug-likeness (QED) is 0.653. The van der Waals surface area contributed by atoms with Crippen LogP contribution in [-0.2, 0) is 11.2 Å². The Morgan fingerprint density at radius 1 is 1.14 bits per heavy atom. The zero-order valence-corrected chi connectivity index (χ0v) is 16.4. The molecule has 148 valence electrons. The summed E-state index contributed by atoms with van der Waals surface area (Å²) >= 11 is 0. The average Bonchev–Trinajstić information content (AvgIpc) is 3.11. The summed E-state index contributed by atoms with van der Waals surface area (Å²) in [6.07, 6.45) is 3.33. The Morgan fingerprint density at radius 2 is 1.82 bits per heavy atom. The van der Waals surface area contributed by atoms with Gasteiger partial charge in [0.1, 0.15) is 6.04 Å². The fourth-order valence-corrected chi connectivity index (χ4v) is 3.58. The van der Waals surface area contributed by atoms with E-state index >= 15 is 0 Å². The number of aryl methyl sites for hydroxylation is 1. The molecule has 5 nitrogen and oxygen atoms in total. The smallest absolute Gasteiger partial charge is 0.318 e. The van der Waals surface area contributed by atoms with Crippen LogP contribution in [0.15, 0.2) is 60.7 Å². The number of carbonyl (C=O) groups is 2. The van der Waals surface area contributed by atoms with Gasteiger partial charge in [-0.05, 0) is 30.4 Å². The van der Waals surface area contributed by atoms with Gasteiger partial charge in [-0.1, -0.05) is 74.0 Å². The second kappa shape index (κ2) is 9.93. The first-order chi connectivity index (χ1) is 13.7. The van der Waals surface area contributed by atoms with Crippen LogP contribution in [0.2, 0.25) is 0 Å². The van der Waals surface area contributed by atoms with Crippen LogP contribution in [0.1, 0.15) is 43.4 Å². The maximum atomic E-state index is 12.9. The first-order valence-corrected chi connectivity index (χ1v) is 10.1. The second-order valence-corrected chi connectivity index (χ2v) is 7.25. The third-order valence-electron chi connectivity index (χ3n) is 5.20. The molecule has 0 aliphatic carbocycles. The van der Waals surface area contributed by atoms with Crippen molar-refractivity contribution in [2.75, 3.05) is 13.1 Å². The normalized spacial score (nSPS) is 17.2. The molecule has 2 aromatic carbocycles. The first-order valence-electron chi connectivity index (χ1n) is 10.1. The van der Waals surface area contributed by atoms with Crippen molar-refractivity contribution < 1.29 is 9.59 Å². The summed E-state index contributed by atoms with van der Waals surface area (Å²) in [6, 6.07) is 19.3. The predicted octanol–water partition coefficient (Wildman–Crippen LogP) is 3.67. The molecule has 0 saturated carbocycles. The molecular weight excluding hydrogens is 350 g/mol. The fourth-order valence-electron chi connectivity index (χ4n) is 3.58. The van der Waals surface area contributed by atoms with Crippen molar-refractivity contribution in [1.29, 1.82) is 0 Å². The van der Waals surface area contributed by atoms with E-state index in [1.165, 1.54) is 5.56 Å². The number of nitrogens with one attached hydrogen (secondary N) is 2. The standard InChI is InChI=1S/C23H29N3O2/c1-2-3-16-24-22(27)21(15-14-18-10-6-4-7-11-18)26-17-20(25-23(26)28)19-12-8-5-9-13-19/h4-13,20-21H,2-3,14-17H2,1H3,(H,24,27)(H,25,28). The van der Waals surface area contributed by atoms with Crippen molar-refractivity contribution in [3.63, 3.8) is 0 Å². The van der Waals surface area contributed by atoms with Crippen molar-refractivity contribution >= 4 is 11.9 Å². The maximum absolute atomic E-state index is 12.9. The summed E-state index contributed by atoms with van der Waals surface area (Å²) in [4.78, 5) is 27.3. The van der Waals surface area contributed by atoms with Crippen molar-refractivity contribution in [2.45, 2.75) is 44.7 Å². The third kappa shape index (κ3) is 5.12. The number of benzene rings is 2. The van der Waals surface area contributed by atoms with Crippen LogP contribution < -0.4 is 10.6 Å². The van der Waals surface area contributed by atoms with Crippen LogP contribution >= 0.6 is 0 Å². The van der Waals surface area contributed by atoms with E-state index in [0.29, 0.717) is 19.5 Å². The predicted molar refractivity (Wildman–Crippen MR) is 111 cm³/mol. The number of hydrogen-bond donors (Lipinski definition) is 2. The molecule has 3 amide bonds. The molecule has 0 spiro atoms. The molecule has 1 heterocycles. The van der Waals surface area contributed by atoms with Gasteiger partial charge in [-0.25, -0.2) is 4.79 Å². The largest absolute Gasteiger partial charge is 0.354 e. The van der Waals surface area contributed by atoms with E-state index in [1.54, 1.807) is 4.90 Å². The average molecular weight is 380 g/mol. The summed E-state index contributed by atoms with van der Waals surface area (Å²) in [5, 5.41) is 6.04. The Bertz CT molecular complexity index is 764. The van der Waals surface area contributed by atoms with Crippen LogP contribution in [0.3, 0.4) is 0 Å². The van der Waals surface area contributed by atoms with Crippen molar-refractivity contribution in [3.8, 4) is 0 Å². The molecule has 1 fully saturated rings. The lowest BCUT2D eigenvalue weighted by atomic mass is 10.0. The van der Waals surface area contributed by atoms with E-state index in [4.69, 9.17) is 0 Å².